The normalized spacial score (nSPS) is 21.2. The largest absolute Gasteiger partial charge is 0.341 e. The maximum Gasteiger partial charge on any atom is 0.247 e. The molecule has 1 N–H and O–H groups in total. The van der Waals surface area contributed by atoms with E-state index in [9.17, 15) is 9.59 Å². The third-order valence-electron chi connectivity index (χ3n) is 6.77. The SMILES string of the molecule is CCCN1C(=O)[C@H](CC#N)NC(=O)C12CCN(CCCCCCc1ccccc1)CC2. The number of carbonyl (C=O) groups excluding carboxylic acids is 2. The van der Waals surface area contributed by atoms with Crippen LogP contribution < -0.4 is 5.32 Å². The van der Waals surface area contributed by atoms with E-state index >= 15 is 0 Å². The molecule has 0 radical (unpaired) electrons. The van der Waals surface area contributed by atoms with E-state index < -0.39 is 11.6 Å². The van der Waals surface area contributed by atoms with Crippen LogP contribution in [0, 0.1) is 11.3 Å². The smallest absolute Gasteiger partial charge is 0.247 e. The van der Waals surface area contributed by atoms with Crippen molar-refractivity contribution < 1.29 is 9.59 Å². The molecule has 168 valence electrons. The lowest BCUT2D eigenvalue weighted by Crippen LogP contribution is -2.72. The van der Waals surface area contributed by atoms with Crippen LogP contribution in [-0.4, -0.2) is 59.4 Å². The van der Waals surface area contributed by atoms with Gasteiger partial charge in [-0.1, -0.05) is 50.1 Å². The van der Waals surface area contributed by atoms with E-state index in [4.69, 9.17) is 5.26 Å². The van der Waals surface area contributed by atoms with Crippen molar-refractivity contribution >= 4 is 11.8 Å². The summed E-state index contributed by atoms with van der Waals surface area (Å²) in [5.41, 5.74) is 0.684. The Hall–Kier alpha value is -2.39. The summed E-state index contributed by atoms with van der Waals surface area (Å²) in [7, 11) is 0. The Morgan fingerprint density at radius 3 is 2.45 bits per heavy atom. The fourth-order valence-corrected chi connectivity index (χ4v) is 4.96. The summed E-state index contributed by atoms with van der Waals surface area (Å²) in [6, 6.07) is 12.0. The first-order valence-corrected chi connectivity index (χ1v) is 11.9. The minimum atomic E-state index is -0.731. The highest BCUT2D eigenvalue weighted by atomic mass is 16.2. The Bertz CT molecular complexity index is 765. The van der Waals surface area contributed by atoms with Gasteiger partial charge in [-0.25, -0.2) is 0 Å². The molecule has 0 saturated carbocycles. The van der Waals surface area contributed by atoms with Crippen molar-refractivity contribution in [3.05, 3.63) is 35.9 Å². The maximum atomic E-state index is 13.0. The molecule has 0 aromatic heterocycles. The van der Waals surface area contributed by atoms with E-state index in [1.54, 1.807) is 4.90 Å². The van der Waals surface area contributed by atoms with Crippen molar-refractivity contribution in [2.24, 2.45) is 0 Å². The number of amides is 2. The van der Waals surface area contributed by atoms with E-state index in [2.05, 4.69) is 40.5 Å². The van der Waals surface area contributed by atoms with E-state index in [-0.39, 0.29) is 18.2 Å². The van der Waals surface area contributed by atoms with Gasteiger partial charge in [-0.05, 0) is 50.6 Å². The number of piperidine rings is 1. The van der Waals surface area contributed by atoms with Gasteiger partial charge >= 0.3 is 0 Å². The number of nitriles is 1. The molecule has 2 saturated heterocycles. The summed E-state index contributed by atoms with van der Waals surface area (Å²) in [5, 5.41) is 11.8. The third-order valence-corrected chi connectivity index (χ3v) is 6.77. The molecule has 31 heavy (non-hydrogen) atoms. The third kappa shape index (κ3) is 5.65. The fourth-order valence-electron chi connectivity index (χ4n) is 4.96. The van der Waals surface area contributed by atoms with Gasteiger partial charge < -0.3 is 15.1 Å². The first kappa shape index (κ1) is 23.3. The zero-order valence-corrected chi connectivity index (χ0v) is 18.8. The average Bonchev–Trinajstić information content (AvgIpc) is 2.79. The number of unbranched alkanes of at least 4 members (excludes halogenated alkanes) is 3. The molecule has 6 heteroatoms. The zero-order valence-electron chi connectivity index (χ0n) is 18.8. The molecule has 2 amide bonds. The quantitative estimate of drug-likeness (QED) is 0.585. The minimum absolute atomic E-state index is 0.0390. The second-order valence-electron chi connectivity index (χ2n) is 8.90. The monoisotopic (exact) mass is 424 g/mol. The number of nitrogens with one attached hydrogen (secondary N) is 1. The molecular formula is C25H36N4O2. The summed E-state index contributed by atoms with van der Waals surface area (Å²) in [6.45, 7) is 5.35. The Kier molecular flexibility index (Phi) is 8.48. The number of rotatable bonds is 10. The van der Waals surface area contributed by atoms with Gasteiger partial charge in [-0.3, -0.25) is 9.59 Å². The van der Waals surface area contributed by atoms with E-state index in [0.717, 1.165) is 32.5 Å². The lowest BCUT2D eigenvalue weighted by Gasteiger charge is -2.51. The number of aryl methyl sites for hydroxylation is 1. The van der Waals surface area contributed by atoms with Crippen molar-refractivity contribution in [3.63, 3.8) is 0 Å². The highest BCUT2D eigenvalue weighted by molar-refractivity contribution is 6.00. The summed E-state index contributed by atoms with van der Waals surface area (Å²) in [5.74, 6) is -0.156. The van der Waals surface area contributed by atoms with Gasteiger partial charge in [0.25, 0.3) is 0 Å². The lowest BCUT2D eigenvalue weighted by molar-refractivity contribution is -0.161. The second-order valence-corrected chi connectivity index (χ2v) is 8.90. The molecule has 1 spiro atoms. The van der Waals surface area contributed by atoms with Crippen molar-refractivity contribution in [2.45, 2.75) is 76.3 Å². The summed E-state index contributed by atoms with van der Waals surface area (Å²) in [4.78, 5) is 30.2. The summed E-state index contributed by atoms with van der Waals surface area (Å²) >= 11 is 0. The Labute approximate surface area is 186 Å². The molecule has 2 heterocycles. The Morgan fingerprint density at radius 1 is 1.06 bits per heavy atom. The number of hydrogen-bond donors (Lipinski definition) is 1. The Balaban J connectivity index is 1.43. The summed E-state index contributed by atoms with van der Waals surface area (Å²) in [6.07, 6.45) is 8.23. The lowest BCUT2D eigenvalue weighted by atomic mass is 9.81. The molecule has 1 atom stereocenters. The van der Waals surface area contributed by atoms with Crippen LogP contribution in [0.25, 0.3) is 0 Å². The number of likely N-dealkylation sites (tertiary alicyclic amines) is 1. The molecule has 1 aromatic carbocycles. The van der Waals surface area contributed by atoms with Crippen LogP contribution >= 0.6 is 0 Å². The number of piperazine rings is 1. The predicted octanol–water partition coefficient (Wildman–Crippen LogP) is 3.27. The molecule has 2 aliphatic heterocycles. The molecule has 0 unspecified atom stereocenters. The van der Waals surface area contributed by atoms with E-state index in [1.165, 1.54) is 31.2 Å². The topological polar surface area (TPSA) is 76.4 Å². The van der Waals surface area contributed by atoms with Gasteiger partial charge in [0.2, 0.25) is 11.8 Å². The fraction of sp³-hybridized carbons (Fsp3) is 0.640. The molecule has 0 bridgehead atoms. The molecule has 2 fully saturated rings. The first-order valence-electron chi connectivity index (χ1n) is 11.9. The first-order chi connectivity index (χ1) is 15.1. The average molecular weight is 425 g/mol. The molecular weight excluding hydrogens is 388 g/mol. The van der Waals surface area contributed by atoms with Gasteiger partial charge in [0.15, 0.2) is 0 Å². The van der Waals surface area contributed by atoms with Gasteiger partial charge in [-0.2, -0.15) is 5.26 Å². The van der Waals surface area contributed by atoms with Gasteiger partial charge in [0.1, 0.15) is 11.6 Å². The van der Waals surface area contributed by atoms with E-state index in [0.29, 0.717) is 19.4 Å². The highest BCUT2D eigenvalue weighted by Gasteiger charge is 2.53. The predicted molar refractivity (Wildman–Crippen MR) is 121 cm³/mol. The molecule has 0 aliphatic carbocycles. The van der Waals surface area contributed by atoms with Gasteiger partial charge in [-0.15, -0.1) is 0 Å². The molecule has 2 aliphatic rings. The van der Waals surface area contributed by atoms with Crippen LogP contribution in [0.4, 0.5) is 0 Å². The van der Waals surface area contributed by atoms with Crippen LogP contribution in [0.3, 0.4) is 0 Å². The van der Waals surface area contributed by atoms with Crippen molar-refractivity contribution in [2.75, 3.05) is 26.2 Å². The van der Waals surface area contributed by atoms with Gasteiger partial charge in [0.05, 0.1) is 12.5 Å². The molecule has 1 aromatic rings. The molecule has 6 nitrogen and oxygen atoms in total. The van der Waals surface area contributed by atoms with Crippen molar-refractivity contribution in [1.82, 2.24) is 15.1 Å². The maximum absolute atomic E-state index is 13.0. The van der Waals surface area contributed by atoms with Crippen molar-refractivity contribution in [3.8, 4) is 6.07 Å². The van der Waals surface area contributed by atoms with Crippen LogP contribution in [-0.2, 0) is 16.0 Å². The van der Waals surface area contributed by atoms with Crippen LogP contribution in [0.15, 0.2) is 30.3 Å². The highest BCUT2D eigenvalue weighted by Crippen LogP contribution is 2.33. The number of hydrogen-bond acceptors (Lipinski definition) is 4. The van der Waals surface area contributed by atoms with Gasteiger partial charge in [0, 0.05) is 19.6 Å². The number of carbonyl (C=O) groups is 2. The Morgan fingerprint density at radius 2 is 1.77 bits per heavy atom. The van der Waals surface area contributed by atoms with Crippen LogP contribution in [0.2, 0.25) is 0 Å². The summed E-state index contributed by atoms with van der Waals surface area (Å²) < 4.78 is 0. The number of benzene rings is 1. The molecule has 3 rings (SSSR count). The van der Waals surface area contributed by atoms with Crippen LogP contribution in [0.5, 0.6) is 0 Å². The standard InChI is InChI=1S/C25H36N4O2/c1-2-17-29-23(30)22(13-16-26)27-24(31)25(29)14-19-28(20-15-25)18-9-4-3-6-10-21-11-7-5-8-12-21/h5,7-8,11-12,22H,2-4,6,9-10,13-15,17-20H2,1H3,(H,27,31)/t22-/m0/s1. The minimum Gasteiger partial charge on any atom is -0.341 e. The number of nitrogens with zero attached hydrogens (tertiary/aromatic N) is 3. The zero-order chi connectivity index (χ0) is 22.1. The second kappa shape index (κ2) is 11.3. The van der Waals surface area contributed by atoms with E-state index in [1.807, 2.05) is 13.0 Å². The van der Waals surface area contributed by atoms with Crippen LogP contribution in [0.1, 0.15) is 63.9 Å². The van der Waals surface area contributed by atoms with Crippen molar-refractivity contribution in [1.29, 1.82) is 5.26 Å².